The molecule has 24 heavy (non-hydrogen) atoms. The number of aryl methyl sites for hydroxylation is 2. The lowest BCUT2D eigenvalue weighted by atomic mass is 10.1. The van der Waals surface area contributed by atoms with E-state index >= 15 is 0 Å². The van der Waals surface area contributed by atoms with Gasteiger partial charge in [0.05, 0.1) is 0 Å². The van der Waals surface area contributed by atoms with Crippen LogP contribution >= 0.6 is 0 Å². The SMILES string of the molecule is CCc1ccc(Nc2nc(C)cc(NCc3ccncc3)n2)cc1. The summed E-state index contributed by atoms with van der Waals surface area (Å²) in [5.74, 6) is 1.39. The summed E-state index contributed by atoms with van der Waals surface area (Å²) in [5, 5.41) is 6.59. The number of pyridine rings is 1. The van der Waals surface area contributed by atoms with Crippen LogP contribution in [-0.4, -0.2) is 15.0 Å². The number of benzene rings is 1. The minimum absolute atomic E-state index is 0.594. The van der Waals surface area contributed by atoms with Crippen molar-refractivity contribution in [2.45, 2.75) is 26.8 Å². The Balaban J connectivity index is 1.70. The van der Waals surface area contributed by atoms with Gasteiger partial charge in [-0.3, -0.25) is 4.98 Å². The molecule has 0 unspecified atom stereocenters. The molecule has 1 aromatic carbocycles. The monoisotopic (exact) mass is 319 g/mol. The lowest BCUT2D eigenvalue weighted by molar-refractivity contribution is 1.05. The molecule has 0 fully saturated rings. The van der Waals surface area contributed by atoms with Gasteiger partial charge in [-0.15, -0.1) is 0 Å². The summed E-state index contributed by atoms with van der Waals surface area (Å²) in [6.07, 6.45) is 4.61. The normalized spacial score (nSPS) is 10.4. The van der Waals surface area contributed by atoms with Crippen molar-refractivity contribution < 1.29 is 0 Å². The van der Waals surface area contributed by atoms with E-state index in [9.17, 15) is 0 Å². The van der Waals surface area contributed by atoms with Gasteiger partial charge in [-0.05, 0) is 48.7 Å². The predicted octanol–water partition coefficient (Wildman–Crippen LogP) is 4.10. The third kappa shape index (κ3) is 4.29. The highest BCUT2D eigenvalue weighted by Gasteiger charge is 2.03. The molecule has 0 bridgehead atoms. The van der Waals surface area contributed by atoms with Crippen LogP contribution in [0.3, 0.4) is 0 Å². The Bertz CT molecular complexity index is 785. The van der Waals surface area contributed by atoms with Crippen molar-refractivity contribution >= 4 is 17.5 Å². The first-order valence-corrected chi connectivity index (χ1v) is 8.07. The molecule has 0 saturated heterocycles. The first kappa shape index (κ1) is 15.9. The second kappa shape index (κ2) is 7.55. The van der Waals surface area contributed by atoms with Crippen LogP contribution in [0.4, 0.5) is 17.5 Å². The summed E-state index contributed by atoms with van der Waals surface area (Å²) in [4.78, 5) is 13.0. The second-order valence-corrected chi connectivity index (χ2v) is 5.60. The van der Waals surface area contributed by atoms with Gasteiger partial charge in [-0.2, -0.15) is 4.98 Å². The third-order valence-electron chi connectivity index (χ3n) is 3.70. The molecule has 0 aliphatic rings. The van der Waals surface area contributed by atoms with Crippen molar-refractivity contribution in [3.63, 3.8) is 0 Å². The fourth-order valence-corrected chi connectivity index (χ4v) is 2.36. The molecule has 5 heteroatoms. The molecule has 0 atom stereocenters. The highest BCUT2D eigenvalue weighted by Crippen LogP contribution is 2.17. The molecule has 0 aliphatic heterocycles. The summed E-state index contributed by atoms with van der Waals surface area (Å²) in [6, 6.07) is 14.2. The number of aromatic nitrogens is 3. The predicted molar refractivity (Wildman–Crippen MR) is 97.4 cm³/mol. The Kier molecular flexibility index (Phi) is 5.01. The molecule has 3 rings (SSSR count). The molecule has 0 saturated carbocycles. The fraction of sp³-hybridized carbons (Fsp3) is 0.211. The van der Waals surface area contributed by atoms with E-state index in [1.54, 1.807) is 12.4 Å². The smallest absolute Gasteiger partial charge is 0.229 e. The van der Waals surface area contributed by atoms with Gasteiger partial charge in [0.2, 0.25) is 5.95 Å². The maximum atomic E-state index is 4.54. The van der Waals surface area contributed by atoms with Crippen molar-refractivity contribution in [2.24, 2.45) is 0 Å². The fourth-order valence-electron chi connectivity index (χ4n) is 2.36. The van der Waals surface area contributed by atoms with Crippen LogP contribution < -0.4 is 10.6 Å². The first-order valence-electron chi connectivity index (χ1n) is 8.07. The van der Waals surface area contributed by atoms with E-state index in [1.807, 2.05) is 25.1 Å². The standard InChI is InChI=1S/C19H21N5/c1-3-15-4-6-17(7-5-15)23-19-22-14(2)12-18(24-19)21-13-16-8-10-20-11-9-16/h4-12H,3,13H2,1-2H3,(H2,21,22,23,24). The Hall–Kier alpha value is -2.95. The molecule has 2 aromatic heterocycles. The zero-order valence-corrected chi connectivity index (χ0v) is 14.0. The minimum Gasteiger partial charge on any atom is -0.366 e. The topological polar surface area (TPSA) is 62.7 Å². The molecule has 0 spiro atoms. The molecule has 122 valence electrons. The Labute approximate surface area is 142 Å². The zero-order chi connectivity index (χ0) is 16.8. The van der Waals surface area contributed by atoms with E-state index in [4.69, 9.17) is 0 Å². The zero-order valence-electron chi connectivity index (χ0n) is 14.0. The average Bonchev–Trinajstić information content (AvgIpc) is 2.61. The van der Waals surface area contributed by atoms with Crippen LogP contribution in [0.15, 0.2) is 54.9 Å². The van der Waals surface area contributed by atoms with E-state index in [-0.39, 0.29) is 0 Å². The highest BCUT2D eigenvalue weighted by molar-refractivity contribution is 5.55. The molecule has 5 nitrogen and oxygen atoms in total. The molecule has 0 radical (unpaired) electrons. The average molecular weight is 319 g/mol. The maximum absolute atomic E-state index is 4.54. The molecule has 2 heterocycles. The van der Waals surface area contributed by atoms with Gasteiger partial charge in [0.15, 0.2) is 0 Å². The number of rotatable bonds is 6. The molecule has 2 N–H and O–H groups in total. The molecular formula is C19H21N5. The molecule has 0 aliphatic carbocycles. The van der Waals surface area contributed by atoms with Gasteiger partial charge in [0.25, 0.3) is 0 Å². The number of hydrogen-bond acceptors (Lipinski definition) is 5. The minimum atomic E-state index is 0.594. The first-order chi connectivity index (χ1) is 11.7. The van der Waals surface area contributed by atoms with E-state index in [1.165, 1.54) is 5.56 Å². The number of anilines is 3. The second-order valence-electron chi connectivity index (χ2n) is 5.60. The third-order valence-corrected chi connectivity index (χ3v) is 3.70. The van der Waals surface area contributed by atoms with Gasteiger partial charge in [-0.25, -0.2) is 4.98 Å². The van der Waals surface area contributed by atoms with Gasteiger partial charge in [-0.1, -0.05) is 19.1 Å². The molecule has 0 amide bonds. The number of nitrogens with one attached hydrogen (secondary N) is 2. The van der Waals surface area contributed by atoms with Crippen LogP contribution in [-0.2, 0) is 13.0 Å². The van der Waals surface area contributed by atoms with Crippen molar-refractivity contribution in [2.75, 3.05) is 10.6 Å². The summed E-state index contributed by atoms with van der Waals surface area (Å²) in [5.41, 5.74) is 4.36. The van der Waals surface area contributed by atoms with E-state index in [0.717, 1.165) is 29.2 Å². The summed E-state index contributed by atoms with van der Waals surface area (Å²) >= 11 is 0. The quantitative estimate of drug-likeness (QED) is 0.716. The van der Waals surface area contributed by atoms with E-state index in [0.29, 0.717) is 12.5 Å². The van der Waals surface area contributed by atoms with Gasteiger partial charge in [0, 0.05) is 36.4 Å². The number of nitrogens with zero attached hydrogens (tertiary/aromatic N) is 3. The summed E-state index contributed by atoms with van der Waals surface area (Å²) < 4.78 is 0. The highest BCUT2D eigenvalue weighted by atomic mass is 15.1. The van der Waals surface area contributed by atoms with Crippen LogP contribution in [0, 0.1) is 6.92 Å². The van der Waals surface area contributed by atoms with E-state index < -0.39 is 0 Å². The van der Waals surface area contributed by atoms with Crippen LogP contribution in [0.1, 0.15) is 23.7 Å². The van der Waals surface area contributed by atoms with Crippen LogP contribution in [0.25, 0.3) is 0 Å². The Morgan fingerprint density at radius 2 is 1.67 bits per heavy atom. The lowest BCUT2D eigenvalue weighted by Gasteiger charge is -2.10. The molecule has 3 aromatic rings. The van der Waals surface area contributed by atoms with Gasteiger partial charge in [0.1, 0.15) is 5.82 Å². The van der Waals surface area contributed by atoms with Crippen molar-refractivity contribution in [3.8, 4) is 0 Å². The molecular weight excluding hydrogens is 298 g/mol. The van der Waals surface area contributed by atoms with Gasteiger partial charge < -0.3 is 10.6 Å². The number of hydrogen-bond donors (Lipinski definition) is 2. The Morgan fingerprint density at radius 3 is 2.38 bits per heavy atom. The maximum Gasteiger partial charge on any atom is 0.229 e. The summed E-state index contributed by atoms with van der Waals surface area (Å²) in [6.45, 7) is 4.81. The largest absolute Gasteiger partial charge is 0.366 e. The summed E-state index contributed by atoms with van der Waals surface area (Å²) in [7, 11) is 0. The lowest BCUT2D eigenvalue weighted by Crippen LogP contribution is -2.05. The van der Waals surface area contributed by atoms with Crippen molar-refractivity contribution in [1.29, 1.82) is 0 Å². The van der Waals surface area contributed by atoms with Crippen molar-refractivity contribution in [3.05, 3.63) is 71.7 Å². The van der Waals surface area contributed by atoms with Crippen LogP contribution in [0.2, 0.25) is 0 Å². The van der Waals surface area contributed by atoms with Crippen LogP contribution in [0.5, 0.6) is 0 Å². The van der Waals surface area contributed by atoms with Crippen molar-refractivity contribution in [1.82, 2.24) is 15.0 Å². The van der Waals surface area contributed by atoms with E-state index in [2.05, 4.69) is 56.8 Å². The van der Waals surface area contributed by atoms with Gasteiger partial charge >= 0.3 is 0 Å². The Morgan fingerprint density at radius 1 is 0.917 bits per heavy atom.